The number of nitrogens with one attached hydrogen (secondary N) is 1. The Morgan fingerprint density at radius 3 is 2.68 bits per heavy atom. The van der Waals surface area contributed by atoms with E-state index in [4.69, 9.17) is 14.6 Å². The average Bonchev–Trinajstić information content (AvgIpc) is 3.18. The molecule has 31 heavy (non-hydrogen) atoms. The zero-order chi connectivity index (χ0) is 21.8. The molecule has 0 saturated carbocycles. The molecule has 0 radical (unpaired) electrons. The third kappa shape index (κ3) is 4.42. The smallest absolute Gasteiger partial charge is 0.244 e. The minimum atomic E-state index is -3.78. The molecule has 2 aromatic heterocycles. The van der Waals surface area contributed by atoms with Gasteiger partial charge in [-0.15, -0.1) is 0 Å². The summed E-state index contributed by atoms with van der Waals surface area (Å²) in [5.41, 5.74) is 4.14. The molecule has 1 aromatic carbocycles. The van der Waals surface area contributed by atoms with Gasteiger partial charge in [0.25, 0.3) is 0 Å². The molecule has 0 fully saturated rings. The van der Waals surface area contributed by atoms with E-state index in [1.54, 1.807) is 18.3 Å². The first kappa shape index (κ1) is 21.3. The maximum atomic E-state index is 12.9. The largest absolute Gasteiger partial charge is 0.497 e. The van der Waals surface area contributed by atoms with Gasteiger partial charge < -0.3 is 9.47 Å². The third-order valence-corrected chi connectivity index (χ3v) is 6.92. The number of nitrogens with zero attached hydrogens (tertiary/aromatic N) is 3. The fourth-order valence-corrected chi connectivity index (χ4v) is 5.13. The lowest BCUT2D eigenvalue weighted by molar-refractivity contribution is 0.392. The van der Waals surface area contributed by atoms with Crippen molar-refractivity contribution < 1.29 is 17.9 Å². The number of methoxy groups -OCH3 is 2. The molecule has 164 valence electrons. The van der Waals surface area contributed by atoms with Gasteiger partial charge in [-0.3, -0.25) is 9.67 Å². The molecule has 9 heteroatoms. The molecular weight excluding hydrogens is 416 g/mol. The van der Waals surface area contributed by atoms with Crippen molar-refractivity contribution in [2.24, 2.45) is 0 Å². The van der Waals surface area contributed by atoms with Crippen LogP contribution in [0.15, 0.2) is 47.5 Å². The van der Waals surface area contributed by atoms with E-state index in [9.17, 15) is 8.42 Å². The highest BCUT2D eigenvalue weighted by atomic mass is 32.2. The molecule has 0 aliphatic heterocycles. The van der Waals surface area contributed by atoms with E-state index < -0.39 is 10.0 Å². The Kier molecular flexibility index (Phi) is 6.24. The molecule has 1 aliphatic rings. The number of hydrogen-bond acceptors (Lipinski definition) is 6. The lowest BCUT2D eigenvalue weighted by Gasteiger charge is -2.15. The van der Waals surface area contributed by atoms with Crippen LogP contribution in [0.25, 0.3) is 11.4 Å². The Morgan fingerprint density at radius 2 is 1.94 bits per heavy atom. The van der Waals surface area contributed by atoms with Gasteiger partial charge in [0.05, 0.1) is 26.5 Å². The van der Waals surface area contributed by atoms with E-state index in [0.29, 0.717) is 12.3 Å². The van der Waals surface area contributed by atoms with Gasteiger partial charge in [-0.2, -0.15) is 5.10 Å². The molecule has 1 aliphatic carbocycles. The lowest BCUT2D eigenvalue weighted by Crippen LogP contribution is -2.28. The monoisotopic (exact) mass is 442 g/mol. The third-order valence-electron chi connectivity index (χ3n) is 5.44. The number of rotatable bonds is 8. The van der Waals surface area contributed by atoms with Crippen LogP contribution in [0.1, 0.15) is 24.1 Å². The van der Waals surface area contributed by atoms with E-state index in [2.05, 4.69) is 9.71 Å². The molecule has 0 saturated heterocycles. The standard InChI is InChI=1S/C22H26N4O4S/c1-29-16-10-11-20(30-2)21(15-16)31(27,28)24-13-14-26-19-9-4-3-7-17(19)22(25-26)18-8-5-6-12-23-18/h5-6,8,10-12,15,24H,3-4,7,9,13-14H2,1-2H3. The van der Waals surface area contributed by atoms with E-state index in [1.165, 1.54) is 31.5 Å². The summed E-state index contributed by atoms with van der Waals surface area (Å²) in [5.74, 6) is 0.713. The molecule has 0 atom stereocenters. The number of benzene rings is 1. The Labute approximate surface area is 182 Å². The quantitative estimate of drug-likeness (QED) is 0.576. The fourth-order valence-electron chi connectivity index (χ4n) is 3.92. The minimum Gasteiger partial charge on any atom is -0.497 e. The summed E-state index contributed by atoms with van der Waals surface area (Å²) in [7, 11) is -0.849. The molecule has 0 spiro atoms. The topological polar surface area (TPSA) is 95.3 Å². The molecule has 2 heterocycles. The molecule has 0 amide bonds. The van der Waals surface area contributed by atoms with E-state index in [1.807, 2.05) is 22.9 Å². The van der Waals surface area contributed by atoms with Crippen LogP contribution in [0.4, 0.5) is 0 Å². The molecule has 4 rings (SSSR count). The summed E-state index contributed by atoms with van der Waals surface area (Å²) in [6.45, 7) is 0.638. The van der Waals surface area contributed by atoms with Crippen molar-refractivity contribution in [3.8, 4) is 22.9 Å². The highest BCUT2D eigenvalue weighted by Gasteiger charge is 2.24. The Bertz CT molecular complexity index is 1160. The van der Waals surface area contributed by atoms with E-state index >= 15 is 0 Å². The van der Waals surface area contributed by atoms with Crippen molar-refractivity contribution in [3.63, 3.8) is 0 Å². The van der Waals surface area contributed by atoms with Crippen LogP contribution < -0.4 is 14.2 Å². The van der Waals surface area contributed by atoms with Gasteiger partial charge in [-0.25, -0.2) is 13.1 Å². The highest BCUT2D eigenvalue weighted by Crippen LogP contribution is 2.30. The van der Waals surface area contributed by atoms with Crippen molar-refractivity contribution in [2.45, 2.75) is 37.1 Å². The number of hydrogen-bond donors (Lipinski definition) is 1. The summed E-state index contributed by atoms with van der Waals surface area (Å²) >= 11 is 0. The minimum absolute atomic E-state index is 0.0472. The van der Waals surface area contributed by atoms with Crippen molar-refractivity contribution in [1.29, 1.82) is 0 Å². The summed E-state index contributed by atoms with van der Waals surface area (Å²) in [6, 6.07) is 10.5. The molecule has 1 N–H and O–H groups in total. The van der Waals surface area contributed by atoms with Crippen LogP contribution in [0, 0.1) is 0 Å². The maximum absolute atomic E-state index is 12.9. The second kappa shape index (κ2) is 9.07. The molecule has 0 bridgehead atoms. The number of ether oxygens (including phenoxy) is 2. The summed E-state index contributed by atoms with van der Waals surface area (Å²) in [6.07, 6.45) is 5.90. The first-order chi connectivity index (χ1) is 15.0. The van der Waals surface area contributed by atoms with Crippen molar-refractivity contribution in [2.75, 3.05) is 20.8 Å². The van der Waals surface area contributed by atoms with Crippen LogP contribution in [-0.2, 0) is 29.4 Å². The molecule has 3 aromatic rings. The predicted molar refractivity (Wildman–Crippen MR) is 117 cm³/mol. The van der Waals surface area contributed by atoms with Gasteiger partial charge in [0.1, 0.15) is 22.1 Å². The van der Waals surface area contributed by atoms with Crippen LogP contribution in [0.2, 0.25) is 0 Å². The predicted octanol–water partition coefficient (Wildman–Crippen LogP) is 2.82. The van der Waals surface area contributed by atoms with E-state index in [-0.39, 0.29) is 17.2 Å². The summed E-state index contributed by atoms with van der Waals surface area (Å²) < 4.78 is 40.8. The number of pyridine rings is 1. The van der Waals surface area contributed by atoms with Gasteiger partial charge >= 0.3 is 0 Å². The van der Waals surface area contributed by atoms with Crippen LogP contribution in [0.3, 0.4) is 0 Å². The van der Waals surface area contributed by atoms with Crippen molar-refractivity contribution in [1.82, 2.24) is 19.5 Å². The van der Waals surface area contributed by atoms with Gasteiger partial charge in [0, 0.05) is 30.1 Å². The van der Waals surface area contributed by atoms with Gasteiger partial charge in [0.15, 0.2) is 0 Å². The van der Waals surface area contributed by atoms with Crippen molar-refractivity contribution >= 4 is 10.0 Å². The molecule has 8 nitrogen and oxygen atoms in total. The second-order valence-electron chi connectivity index (χ2n) is 7.33. The number of aromatic nitrogens is 3. The first-order valence-electron chi connectivity index (χ1n) is 10.2. The first-order valence-corrected chi connectivity index (χ1v) is 11.7. The maximum Gasteiger partial charge on any atom is 0.244 e. The average molecular weight is 443 g/mol. The van der Waals surface area contributed by atoms with Gasteiger partial charge in [0.2, 0.25) is 10.0 Å². The summed E-state index contributed by atoms with van der Waals surface area (Å²) in [5, 5.41) is 4.79. The lowest BCUT2D eigenvalue weighted by atomic mass is 9.95. The Hall–Kier alpha value is -2.91. The Balaban J connectivity index is 1.55. The van der Waals surface area contributed by atoms with Crippen LogP contribution in [0.5, 0.6) is 11.5 Å². The second-order valence-corrected chi connectivity index (χ2v) is 9.07. The van der Waals surface area contributed by atoms with Crippen LogP contribution in [-0.4, -0.2) is 43.9 Å². The zero-order valence-corrected chi connectivity index (χ0v) is 18.5. The number of fused-ring (bicyclic) bond motifs is 1. The van der Waals surface area contributed by atoms with Gasteiger partial charge in [-0.1, -0.05) is 6.07 Å². The van der Waals surface area contributed by atoms with Crippen LogP contribution >= 0.6 is 0 Å². The normalized spacial score (nSPS) is 13.6. The van der Waals surface area contributed by atoms with Gasteiger partial charge in [-0.05, 0) is 49.9 Å². The summed E-state index contributed by atoms with van der Waals surface area (Å²) in [4.78, 5) is 4.50. The Morgan fingerprint density at radius 1 is 1.10 bits per heavy atom. The fraction of sp³-hybridized carbons (Fsp3) is 0.364. The SMILES string of the molecule is COc1ccc(OC)c(S(=O)(=O)NCCn2nc(-c3ccccn3)c3c2CCCC3)c1. The molecule has 0 unspecified atom stereocenters. The zero-order valence-electron chi connectivity index (χ0n) is 17.7. The molecular formula is C22H26N4O4S. The van der Waals surface area contributed by atoms with E-state index in [0.717, 1.165) is 37.1 Å². The number of sulfonamides is 1. The highest BCUT2D eigenvalue weighted by molar-refractivity contribution is 7.89. The van der Waals surface area contributed by atoms with Crippen molar-refractivity contribution in [3.05, 3.63) is 53.9 Å².